The van der Waals surface area contributed by atoms with Crippen molar-refractivity contribution in [1.29, 1.82) is 0 Å². The number of carbonyl (C=O) groups excluding carboxylic acids is 2. The van der Waals surface area contributed by atoms with Crippen LogP contribution in [0.3, 0.4) is 0 Å². The lowest BCUT2D eigenvalue weighted by Crippen LogP contribution is -2.43. The summed E-state index contributed by atoms with van der Waals surface area (Å²) in [5, 5.41) is 21.4. The SMILES string of the molecule is CCCCCCCCCCCCCCCCCCCCCCC(=O)NC(COP(=O)(O)OCC(O)COC(=O)CCC)C(=O)O. The number of nitrogens with one attached hydrogen (secondary N) is 1. The number of rotatable bonds is 33. The highest BCUT2D eigenvalue weighted by molar-refractivity contribution is 7.47. The third-order valence-electron chi connectivity index (χ3n) is 7.62. The molecule has 0 aromatic carbocycles. The Balaban J connectivity index is 3.78. The highest BCUT2D eigenvalue weighted by Gasteiger charge is 2.28. The number of aliphatic hydroxyl groups is 1. The molecule has 0 radical (unpaired) electrons. The largest absolute Gasteiger partial charge is 0.480 e. The molecular formula is C33H64NO10P. The number of phosphoric acid groups is 1. The molecule has 11 nitrogen and oxygen atoms in total. The van der Waals surface area contributed by atoms with Crippen LogP contribution in [0.4, 0.5) is 0 Å². The Kier molecular flexibility index (Phi) is 28.8. The second-order valence-corrected chi connectivity index (χ2v) is 13.5. The summed E-state index contributed by atoms with van der Waals surface area (Å²) >= 11 is 0. The maximum absolute atomic E-state index is 12.2. The molecule has 0 aliphatic rings. The van der Waals surface area contributed by atoms with Gasteiger partial charge in [-0.25, -0.2) is 9.36 Å². The molecular weight excluding hydrogens is 601 g/mol. The molecule has 0 spiro atoms. The topological polar surface area (TPSA) is 169 Å². The van der Waals surface area contributed by atoms with Gasteiger partial charge in [0, 0.05) is 12.8 Å². The van der Waals surface area contributed by atoms with Crippen molar-refractivity contribution in [2.24, 2.45) is 0 Å². The maximum atomic E-state index is 12.2. The van der Waals surface area contributed by atoms with E-state index in [1.807, 2.05) is 0 Å². The van der Waals surface area contributed by atoms with Crippen LogP contribution < -0.4 is 5.32 Å². The Bertz CT molecular complexity index is 797. The van der Waals surface area contributed by atoms with Crippen molar-refractivity contribution in [1.82, 2.24) is 5.32 Å². The smallest absolute Gasteiger partial charge is 0.472 e. The molecule has 1 amide bonds. The van der Waals surface area contributed by atoms with Gasteiger partial charge in [-0.1, -0.05) is 136 Å². The second-order valence-electron chi connectivity index (χ2n) is 12.1. The van der Waals surface area contributed by atoms with Gasteiger partial charge in [0.2, 0.25) is 5.91 Å². The van der Waals surface area contributed by atoms with Crippen LogP contribution in [0.1, 0.15) is 162 Å². The van der Waals surface area contributed by atoms with Gasteiger partial charge in [0.25, 0.3) is 0 Å². The van der Waals surface area contributed by atoms with E-state index in [4.69, 9.17) is 9.26 Å². The predicted molar refractivity (Wildman–Crippen MR) is 176 cm³/mol. The van der Waals surface area contributed by atoms with Crippen LogP contribution in [0.15, 0.2) is 0 Å². The summed E-state index contributed by atoms with van der Waals surface area (Å²) in [6.07, 6.45) is 24.7. The highest BCUT2D eigenvalue weighted by Crippen LogP contribution is 2.43. The van der Waals surface area contributed by atoms with Crippen molar-refractivity contribution in [2.75, 3.05) is 19.8 Å². The van der Waals surface area contributed by atoms with Crippen LogP contribution in [0, 0.1) is 0 Å². The Labute approximate surface area is 272 Å². The molecule has 0 aromatic heterocycles. The summed E-state index contributed by atoms with van der Waals surface area (Å²) in [6.45, 7) is 2.16. The van der Waals surface area contributed by atoms with Crippen molar-refractivity contribution in [3.63, 3.8) is 0 Å². The normalized spacial score (nSPS) is 14.0. The lowest BCUT2D eigenvalue weighted by Gasteiger charge is -2.18. The van der Waals surface area contributed by atoms with Gasteiger partial charge in [-0.05, 0) is 12.8 Å². The van der Waals surface area contributed by atoms with Gasteiger partial charge in [-0.2, -0.15) is 0 Å². The average Bonchev–Trinajstić information content (AvgIpc) is 3.00. The van der Waals surface area contributed by atoms with Crippen LogP contribution in [0.5, 0.6) is 0 Å². The Hall–Kier alpha value is -1.52. The molecule has 0 saturated carbocycles. The van der Waals surface area contributed by atoms with Crippen LogP contribution in [0.2, 0.25) is 0 Å². The monoisotopic (exact) mass is 665 g/mol. The predicted octanol–water partition coefficient (Wildman–Crippen LogP) is 7.61. The van der Waals surface area contributed by atoms with E-state index in [9.17, 15) is 34.1 Å². The van der Waals surface area contributed by atoms with Gasteiger partial charge in [0.05, 0.1) is 13.2 Å². The lowest BCUT2D eigenvalue weighted by atomic mass is 10.0. The zero-order valence-electron chi connectivity index (χ0n) is 28.2. The molecule has 0 heterocycles. The van der Waals surface area contributed by atoms with Crippen LogP contribution >= 0.6 is 7.82 Å². The minimum atomic E-state index is -4.72. The summed E-state index contributed by atoms with van der Waals surface area (Å²) in [7, 11) is -4.72. The van der Waals surface area contributed by atoms with E-state index in [-0.39, 0.29) is 12.8 Å². The number of carboxylic acids is 1. The molecule has 0 rings (SSSR count). The Morgan fingerprint density at radius 1 is 0.622 bits per heavy atom. The third-order valence-corrected chi connectivity index (χ3v) is 8.57. The zero-order valence-corrected chi connectivity index (χ0v) is 29.1. The Morgan fingerprint density at radius 3 is 1.47 bits per heavy atom. The number of carboxylic acid groups (broad SMARTS) is 1. The summed E-state index contributed by atoms with van der Waals surface area (Å²) in [5.41, 5.74) is 0. The molecule has 3 unspecified atom stereocenters. The maximum Gasteiger partial charge on any atom is 0.472 e. The number of hydrogen-bond donors (Lipinski definition) is 4. The minimum absolute atomic E-state index is 0.152. The van der Waals surface area contributed by atoms with Crippen molar-refractivity contribution in [2.45, 2.75) is 174 Å². The minimum Gasteiger partial charge on any atom is -0.480 e. The molecule has 3 atom stereocenters. The van der Waals surface area contributed by atoms with E-state index in [0.717, 1.165) is 19.3 Å². The van der Waals surface area contributed by atoms with E-state index in [1.54, 1.807) is 6.92 Å². The molecule has 0 bridgehead atoms. The van der Waals surface area contributed by atoms with E-state index in [1.165, 1.54) is 103 Å². The fourth-order valence-electron chi connectivity index (χ4n) is 4.88. The van der Waals surface area contributed by atoms with Crippen molar-refractivity contribution >= 4 is 25.7 Å². The van der Waals surface area contributed by atoms with Crippen LogP contribution in [-0.4, -0.2) is 64.9 Å². The fourth-order valence-corrected chi connectivity index (χ4v) is 5.65. The number of phosphoric ester groups is 1. The van der Waals surface area contributed by atoms with Gasteiger partial charge in [0.1, 0.15) is 12.7 Å². The van der Waals surface area contributed by atoms with E-state index in [0.29, 0.717) is 12.8 Å². The summed E-state index contributed by atoms with van der Waals surface area (Å²) in [5.74, 6) is -2.42. The van der Waals surface area contributed by atoms with E-state index in [2.05, 4.69) is 16.8 Å². The summed E-state index contributed by atoms with van der Waals surface area (Å²) in [4.78, 5) is 44.7. The second kappa shape index (κ2) is 29.9. The number of aliphatic hydroxyl groups excluding tert-OH is 1. The van der Waals surface area contributed by atoms with Gasteiger partial charge in [-0.3, -0.25) is 18.6 Å². The molecule has 0 aromatic rings. The number of amides is 1. The first-order valence-corrected chi connectivity index (χ1v) is 19.1. The molecule has 266 valence electrons. The summed E-state index contributed by atoms with van der Waals surface area (Å²) < 4.78 is 26.1. The molecule has 0 aliphatic heterocycles. The highest BCUT2D eigenvalue weighted by atomic mass is 31.2. The van der Waals surface area contributed by atoms with Gasteiger partial charge in [-0.15, -0.1) is 0 Å². The van der Waals surface area contributed by atoms with Crippen LogP contribution in [-0.2, 0) is 32.7 Å². The number of carbonyl (C=O) groups is 3. The number of unbranched alkanes of at least 4 members (excludes halogenated alkanes) is 19. The van der Waals surface area contributed by atoms with E-state index < -0.39 is 57.6 Å². The molecule has 4 N–H and O–H groups in total. The average molecular weight is 666 g/mol. The summed E-state index contributed by atoms with van der Waals surface area (Å²) in [6, 6.07) is -1.54. The standard InChI is InChI=1S/C33H64NO10P/c1-3-5-6-7-8-9-10-11-12-13-14-15-16-17-18-19-20-21-22-23-25-31(36)34-30(33(38)39)28-44-45(40,41)43-27-29(35)26-42-32(37)24-4-2/h29-30,35H,3-28H2,1-2H3,(H,34,36)(H,38,39)(H,40,41). The first-order valence-electron chi connectivity index (χ1n) is 17.6. The molecule has 0 aliphatic carbocycles. The quantitative estimate of drug-likeness (QED) is 0.0311. The van der Waals surface area contributed by atoms with Crippen molar-refractivity contribution in [3.05, 3.63) is 0 Å². The number of aliphatic carboxylic acids is 1. The first kappa shape index (κ1) is 43.5. The van der Waals surface area contributed by atoms with Gasteiger partial charge >= 0.3 is 19.8 Å². The molecule has 0 saturated heterocycles. The van der Waals surface area contributed by atoms with Crippen molar-refractivity contribution < 1.29 is 47.8 Å². The van der Waals surface area contributed by atoms with E-state index >= 15 is 0 Å². The number of ether oxygens (including phenoxy) is 1. The van der Waals surface area contributed by atoms with Crippen molar-refractivity contribution in [3.8, 4) is 0 Å². The number of esters is 1. The number of hydrogen-bond acceptors (Lipinski definition) is 8. The fraction of sp³-hybridized carbons (Fsp3) is 0.909. The first-order chi connectivity index (χ1) is 21.6. The molecule has 12 heteroatoms. The van der Waals surface area contributed by atoms with Gasteiger partial charge in [0.15, 0.2) is 6.04 Å². The molecule has 0 fully saturated rings. The third kappa shape index (κ3) is 29.6. The van der Waals surface area contributed by atoms with Crippen LogP contribution in [0.25, 0.3) is 0 Å². The van der Waals surface area contributed by atoms with Gasteiger partial charge < -0.3 is 25.2 Å². The lowest BCUT2D eigenvalue weighted by molar-refractivity contribution is -0.147. The zero-order chi connectivity index (χ0) is 33.6. The molecule has 45 heavy (non-hydrogen) atoms. The Morgan fingerprint density at radius 2 is 1.04 bits per heavy atom.